The monoisotopic (exact) mass is 278 g/mol. The van der Waals surface area contributed by atoms with Gasteiger partial charge in [0.25, 0.3) is 0 Å². The van der Waals surface area contributed by atoms with Crippen LogP contribution in [0.3, 0.4) is 0 Å². The van der Waals surface area contributed by atoms with Gasteiger partial charge in [0.2, 0.25) is 0 Å². The Morgan fingerprint density at radius 3 is 2.32 bits per heavy atom. The molecule has 0 aliphatic rings. The highest BCUT2D eigenvalue weighted by atomic mass is 16.6. The number of hydrogen-bond donors (Lipinski definition) is 4. The lowest BCUT2D eigenvalue weighted by Crippen LogP contribution is -2.46. The van der Waals surface area contributed by atoms with Crippen molar-refractivity contribution in [1.82, 2.24) is 0 Å². The second-order valence-electron chi connectivity index (χ2n) is 4.41. The molecule has 19 heavy (non-hydrogen) atoms. The van der Waals surface area contributed by atoms with Crippen molar-refractivity contribution in [2.45, 2.75) is 50.7 Å². The first-order valence-corrected chi connectivity index (χ1v) is 6.29. The molecule has 2 unspecified atom stereocenters. The molecule has 0 aromatic rings. The number of carbonyl (C=O) groups is 2. The van der Waals surface area contributed by atoms with Crippen LogP contribution in [0.1, 0.15) is 39.0 Å². The Bertz CT molecular complexity index is 292. The van der Waals surface area contributed by atoms with E-state index in [2.05, 4.69) is 4.74 Å². The average Bonchev–Trinajstić information content (AvgIpc) is 2.42. The van der Waals surface area contributed by atoms with Gasteiger partial charge in [0.15, 0.2) is 11.7 Å². The molecule has 0 aliphatic carbocycles. The molecule has 4 N–H and O–H groups in total. The van der Waals surface area contributed by atoms with Gasteiger partial charge in [0, 0.05) is 0 Å². The molecule has 0 fully saturated rings. The number of carbonyl (C=O) groups excluding carboxylic acids is 2. The van der Waals surface area contributed by atoms with Crippen molar-refractivity contribution >= 4 is 11.9 Å². The molecule has 0 heterocycles. The van der Waals surface area contributed by atoms with Crippen LogP contribution < -0.4 is 0 Å². The van der Waals surface area contributed by atoms with E-state index in [0.717, 1.165) is 19.3 Å². The number of ether oxygens (including phenoxy) is 1. The molecule has 0 bridgehead atoms. The van der Waals surface area contributed by atoms with E-state index in [9.17, 15) is 14.7 Å². The molecule has 0 saturated carbocycles. The Hall–Kier alpha value is -1.02. The summed E-state index contributed by atoms with van der Waals surface area (Å²) in [5.41, 5.74) is -2.15. The van der Waals surface area contributed by atoms with Crippen LogP contribution in [0.5, 0.6) is 0 Å². The molecular weight excluding hydrogens is 256 g/mol. The Kier molecular flexibility index (Phi) is 8.49. The molecule has 0 aliphatic heterocycles. The first-order chi connectivity index (χ1) is 8.91. The maximum Gasteiger partial charge on any atom is 0.348 e. The van der Waals surface area contributed by atoms with Crippen molar-refractivity contribution in [1.29, 1.82) is 0 Å². The van der Waals surface area contributed by atoms with Crippen LogP contribution in [0.25, 0.3) is 0 Å². The van der Waals surface area contributed by atoms with Crippen molar-refractivity contribution in [2.24, 2.45) is 0 Å². The highest BCUT2D eigenvalue weighted by molar-refractivity contribution is 5.92. The minimum Gasteiger partial charge on any atom is -0.393 e. The van der Waals surface area contributed by atoms with E-state index < -0.39 is 36.9 Å². The molecule has 2 atom stereocenters. The van der Waals surface area contributed by atoms with Gasteiger partial charge in [-0.3, -0.25) is 0 Å². The molecule has 0 aromatic heterocycles. The molecule has 0 radical (unpaired) electrons. The van der Waals surface area contributed by atoms with E-state index in [1.807, 2.05) is 6.92 Å². The normalized spacial score (nSPS) is 15.6. The fourth-order valence-corrected chi connectivity index (χ4v) is 1.42. The summed E-state index contributed by atoms with van der Waals surface area (Å²) >= 11 is 0. The maximum absolute atomic E-state index is 11.5. The second kappa shape index (κ2) is 8.98. The van der Waals surface area contributed by atoms with E-state index in [0.29, 0.717) is 6.42 Å². The fourth-order valence-electron chi connectivity index (χ4n) is 1.42. The van der Waals surface area contributed by atoms with Gasteiger partial charge in [-0.05, 0) is 12.8 Å². The average molecular weight is 278 g/mol. The number of rotatable bonds is 9. The predicted octanol–water partition coefficient (Wildman–Crippen LogP) is -0.897. The van der Waals surface area contributed by atoms with E-state index >= 15 is 0 Å². The van der Waals surface area contributed by atoms with Crippen molar-refractivity contribution < 1.29 is 34.8 Å². The summed E-state index contributed by atoms with van der Waals surface area (Å²) in [5.74, 6) is -2.67. The van der Waals surface area contributed by atoms with E-state index in [4.69, 9.17) is 15.3 Å². The molecule has 0 rings (SSSR count). The largest absolute Gasteiger partial charge is 0.393 e. The zero-order valence-corrected chi connectivity index (χ0v) is 11.0. The van der Waals surface area contributed by atoms with Crippen LogP contribution in [0.2, 0.25) is 0 Å². The summed E-state index contributed by atoms with van der Waals surface area (Å²) in [4.78, 5) is 22.6. The Balaban J connectivity index is 4.39. The molecule has 0 spiro atoms. The van der Waals surface area contributed by atoms with E-state index in [1.54, 1.807) is 0 Å². The lowest BCUT2D eigenvalue weighted by Gasteiger charge is -2.23. The molecule has 0 amide bonds. The first-order valence-electron chi connectivity index (χ1n) is 6.29. The standard InChI is InChI=1S/C12H22O7/c1-2-3-4-5-6-12(18,8-14)11(17)19-10(16)9(15)7-13/h9,13-15,18H,2-8H2,1H3. The zero-order chi connectivity index (χ0) is 14.9. The van der Waals surface area contributed by atoms with Crippen LogP contribution in [-0.4, -0.2) is 57.3 Å². The van der Waals surface area contributed by atoms with Crippen molar-refractivity contribution in [2.75, 3.05) is 13.2 Å². The summed E-state index contributed by atoms with van der Waals surface area (Å²) in [6, 6.07) is 0. The summed E-state index contributed by atoms with van der Waals surface area (Å²) in [7, 11) is 0. The van der Waals surface area contributed by atoms with Gasteiger partial charge in [-0.15, -0.1) is 0 Å². The van der Waals surface area contributed by atoms with Gasteiger partial charge in [-0.25, -0.2) is 9.59 Å². The number of aliphatic hydroxyl groups excluding tert-OH is 3. The number of aliphatic hydroxyl groups is 4. The van der Waals surface area contributed by atoms with Gasteiger partial charge in [-0.1, -0.05) is 26.2 Å². The third kappa shape index (κ3) is 6.11. The highest BCUT2D eigenvalue weighted by Gasteiger charge is 2.38. The summed E-state index contributed by atoms with van der Waals surface area (Å²) < 4.78 is 4.22. The predicted molar refractivity (Wildman–Crippen MR) is 65.0 cm³/mol. The Morgan fingerprint density at radius 1 is 1.21 bits per heavy atom. The number of hydrogen-bond acceptors (Lipinski definition) is 7. The maximum atomic E-state index is 11.5. The molecule has 112 valence electrons. The SMILES string of the molecule is CCCCCCC(O)(CO)C(=O)OC(=O)C(O)CO. The lowest BCUT2D eigenvalue weighted by molar-refractivity contribution is -0.183. The van der Waals surface area contributed by atoms with Crippen LogP contribution in [0, 0.1) is 0 Å². The zero-order valence-electron chi connectivity index (χ0n) is 11.0. The van der Waals surface area contributed by atoms with Gasteiger partial charge < -0.3 is 25.2 Å². The van der Waals surface area contributed by atoms with Gasteiger partial charge in [-0.2, -0.15) is 0 Å². The van der Waals surface area contributed by atoms with Gasteiger partial charge in [0.05, 0.1) is 13.2 Å². The van der Waals surface area contributed by atoms with E-state index in [1.165, 1.54) is 0 Å². The first kappa shape index (κ1) is 18.0. The van der Waals surface area contributed by atoms with Gasteiger partial charge in [0.1, 0.15) is 0 Å². The lowest BCUT2D eigenvalue weighted by atomic mass is 9.97. The quantitative estimate of drug-likeness (QED) is 0.245. The summed E-state index contributed by atoms with van der Waals surface area (Å²) in [6.45, 7) is 0.238. The van der Waals surface area contributed by atoms with Gasteiger partial charge >= 0.3 is 11.9 Å². The Labute approximate surface area is 111 Å². The third-order valence-electron chi connectivity index (χ3n) is 2.72. The van der Waals surface area contributed by atoms with Crippen LogP contribution in [-0.2, 0) is 14.3 Å². The number of esters is 2. The van der Waals surface area contributed by atoms with Crippen molar-refractivity contribution in [3.05, 3.63) is 0 Å². The third-order valence-corrected chi connectivity index (χ3v) is 2.72. The minimum atomic E-state index is -2.15. The topological polar surface area (TPSA) is 124 Å². The molecule has 7 heteroatoms. The molecule has 0 aromatic carbocycles. The second-order valence-corrected chi connectivity index (χ2v) is 4.41. The van der Waals surface area contributed by atoms with Crippen LogP contribution >= 0.6 is 0 Å². The molecular formula is C12H22O7. The molecule has 7 nitrogen and oxygen atoms in total. The summed E-state index contributed by atoms with van der Waals surface area (Å²) in [5, 5.41) is 36.4. The molecule has 0 saturated heterocycles. The van der Waals surface area contributed by atoms with E-state index in [-0.39, 0.29) is 6.42 Å². The smallest absolute Gasteiger partial charge is 0.348 e. The fraction of sp³-hybridized carbons (Fsp3) is 0.833. The van der Waals surface area contributed by atoms with Crippen molar-refractivity contribution in [3.63, 3.8) is 0 Å². The van der Waals surface area contributed by atoms with Crippen molar-refractivity contribution in [3.8, 4) is 0 Å². The Morgan fingerprint density at radius 2 is 1.84 bits per heavy atom. The highest BCUT2D eigenvalue weighted by Crippen LogP contribution is 2.17. The van der Waals surface area contributed by atoms with Crippen LogP contribution in [0.4, 0.5) is 0 Å². The number of unbranched alkanes of at least 4 members (excludes halogenated alkanes) is 3. The summed E-state index contributed by atoms with van der Waals surface area (Å²) in [6.07, 6.45) is 1.30. The minimum absolute atomic E-state index is 0.0369. The van der Waals surface area contributed by atoms with Crippen LogP contribution in [0.15, 0.2) is 0 Å².